The lowest BCUT2D eigenvalue weighted by Gasteiger charge is -2.17. The van der Waals surface area contributed by atoms with Crippen LogP contribution in [0.1, 0.15) is 39.8 Å². The van der Waals surface area contributed by atoms with Crippen LogP contribution >= 0.6 is 35.2 Å². The second-order valence-corrected chi connectivity index (χ2v) is 7.96. The van der Waals surface area contributed by atoms with E-state index in [2.05, 4.69) is 28.7 Å². The van der Waals surface area contributed by atoms with Crippen LogP contribution in [-0.2, 0) is 19.9 Å². The van der Waals surface area contributed by atoms with Crippen LogP contribution in [0.15, 0.2) is 6.20 Å². The van der Waals surface area contributed by atoms with Crippen LogP contribution in [0.4, 0.5) is 5.00 Å². The van der Waals surface area contributed by atoms with Crippen molar-refractivity contribution in [3.8, 4) is 6.07 Å². The first-order chi connectivity index (χ1) is 11.9. The summed E-state index contributed by atoms with van der Waals surface area (Å²) >= 11 is 12.7. The maximum Gasteiger partial charge on any atom is 0.277 e. The molecule has 0 saturated heterocycles. The van der Waals surface area contributed by atoms with E-state index in [0.717, 1.165) is 24.8 Å². The highest BCUT2D eigenvalue weighted by Gasteiger charge is 2.25. The van der Waals surface area contributed by atoms with Gasteiger partial charge in [-0.05, 0) is 43.0 Å². The van der Waals surface area contributed by atoms with Crippen molar-refractivity contribution in [2.24, 2.45) is 13.0 Å². The van der Waals surface area contributed by atoms with E-state index in [1.807, 2.05) is 0 Å². The van der Waals surface area contributed by atoms with E-state index >= 15 is 0 Å². The molecule has 0 aromatic carbocycles. The predicted octanol–water partition coefficient (Wildman–Crippen LogP) is 3.26. The van der Waals surface area contributed by atoms with Crippen LogP contribution < -0.4 is 10.6 Å². The van der Waals surface area contributed by atoms with E-state index in [4.69, 9.17) is 23.8 Å². The lowest BCUT2D eigenvalue weighted by molar-refractivity contribution is 0.0968. The lowest BCUT2D eigenvalue weighted by atomic mass is 9.89. The van der Waals surface area contributed by atoms with E-state index in [0.29, 0.717) is 16.5 Å². The Morgan fingerprint density at radius 2 is 2.36 bits per heavy atom. The standard InChI is InChI=1S/C16H16ClN5OS2/c1-8-3-4-9-10(6-18)15(25-12(9)5-8)21-16(24)20-14(23)13-11(17)7-19-22(13)2/h7-8H,3-5H2,1-2H3,(H2,20,21,23,24)/t8-/m1/s1. The smallest absolute Gasteiger partial charge is 0.277 e. The van der Waals surface area contributed by atoms with Gasteiger partial charge in [0.15, 0.2) is 5.11 Å². The Bertz CT molecular complexity index is 876. The number of hydrogen-bond acceptors (Lipinski definition) is 5. The van der Waals surface area contributed by atoms with Gasteiger partial charge < -0.3 is 5.32 Å². The SMILES string of the molecule is C[C@@H]1CCc2c(sc(NC(=S)NC(=O)c3c(Cl)cnn3C)c2C#N)C1. The first-order valence-electron chi connectivity index (χ1n) is 7.75. The van der Waals surface area contributed by atoms with Crippen LogP contribution in [0, 0.1) is 17.2 Å². The number of fused-ring (bicyclic) bond motifs is 1. The van der Waals surface area contributed by atoms with Gasteiger partial charge in [-0.15, -0.1) is 11.3 Å². The number of thiocarbonyl (C=S) groups is 1. The molecular weight excluding hydrogens is 378 g/mol. The number of nitriles is 1. The molecule has 1 atom stereocenters. The zero-order chi connectivity index (χ0) is 18.1. The van der Waals surface area contributed by atoms with Crippen LogP contribution in [0.3, 0.4) is 0 Å². The minimum atomic E-state index is -0.448. The van der Waals surface area contributed by atoms with E-state index in [9.17, 15) is 10.1 Å². The topological polar surface area (TPSA) is 82.7 Å². The Morgan fingerprint density at radius 3 is 3.00 bits per heavy atom. The van der Waals surface area contributed by atoms with Crippen molar-refractivity contribution in [3.05, 3.63) is 32.9 Å². The van der Waals surface area contributed by atoms with Gasteiger partial charge in [-0.2, -0.15) is 10.4 Å². The highest BCUT2D eigenvalue weighted by molar-refractivity contribution is 7.80. The Morgan fingerprint density at radius 1 is 1.60 bits per heavy atom. The number of nitrogens with one attached hydrogen (secondary N) is 2. The van der Waals surface area contributed by atoms with Crippen LogP contribution in [0.5, 0.6) is 0 Å². The average Bonchev–Trinajstić information content (AvgIpc) is 3.05. The van der Waals surface area contributed by atoms with Crippen molar-refractivity contribution in [1.82, 2.24) is 15.1 Å². The van der Waals surface area contributed by atoms with Gasteiger partial charge in [0, 0.05) is 11.9 Å². The van der Waals surface area contributed by atoms with Crippen molar-refractivity contribution >= 4 is 51.2 Å². The fourth-order valence-corrected chi connectivity index (χ4v) is 4.80. The first kappa shape index (κ1) is 17.9. The Hall–Kier alpha value is -1.95. The fourth-order valence-electron chi connectivity index (χ4n) is 2.92. The third-order valence-electron chi connectivity index (χ3n) is 4.19. The molecule has 130 valence electrons. The normalized spacial score (nSPS) is 16.0. The van der Waals surface area contributed by atoms with Gasteiger partial charge in [-0.1, -0.05) is 18.5 Å². The number of nitrogens with zero attached hydrogens (tertiary/aromatic N) is 3. The summed E-state index contributed by atoms with van der Waals surface area (Å²) in [6, 6.07) is 2.26. The van der Waals surface area contributed by atoms with Crippen LogP contribution in [0.25, 0.3) is 0 Å². The summed E-state index contributed by atoms with van der Waals surface area (Å²) in [6.07, 6.45) is 4.36. The summed E-state index contributed by atoms with van der Waals surface area (Å²) < 4.78 is 1.38. The van der Waals surface area contributed by atoms with Gasteiger partial charge in [0.25, 0.3) is 5.91 Å². The highest BCUT2D eigenvalue weighted by Crippen LogP contribution is 2.39. The van der Waals surface area contributed by atoms with E-state index in [-0.39, 0.29) is 15.8 Å². The molecular formula is C16H16ClN5OS2. The minimum Gasteiger partial charge on any atom is -0.323 e. The maximum absolute atomic E-state index is 12.3. The molecule has 2 aromatic rings. The van der Waals surface area contributed by atoms with E-state index in [1.54, 1.807) is 7.05 Å². The number of hydrogen-bond donors (Lipinski definition) is 2. The predicted molar refractivity (Wildman–Crippen MR) is 102 cm³/mol. The van der Waals surface area contributed by atoms with Crippen molar-refractivity contribution in [1.29, 1.82) is 5.26 Å². The van der Waals surface area contributed by atoms with Gasteiger partial charge in [-0.25, -0.2) is 0 Å². The molecule has 9 heteroatoms. The van der Waals surface area contributed by atoms with Crippen molar-refractivity contribution < 1.29 is 4.79 Å². The third kappa shape index (κ3) is 3.54. The molecule has 6 nitrogen and oxygen atoms in total. The number of carbonyl (C=O) groups is 1. The molecule has 2 aromatic heterocycles. The molecule has 2 heterocycles. The highest BCUT2D eigenvalue weighted by atomic mass is 35.5. The zero-order valence-corrected chi connectivity index (χ0v) is 16.1. The molecule has 0 radical (unpaired) electrons. The number of halogens is 1. The summed E-state index contributed by atoms with van der Waals surface area (Å²) in [4.78, 5) is 13.5. The van der Waals surface area contributed by atoms with Crippen LogP contribution in [0.2, 0.25) is 5.02 Å². The fraction of sp³-hybridized carbons (Fsp3) is 0.375. The van der Waals surface area contributed by atoms with Gasteiger partial charge in [0.2, 0.25) is 0 Å². The van der Waals surface area contributed by atoms with Gasteiger partial charge >= 0.3 is 0 Å². The Labute approximate surface area is 159 Å². The first-order valence-corrected chi connectivity index (χ1v) is 9.35. The summed E-state index contributed by atoms with van der Waals surface area (Å²) in [5.74, 6) is 0.167. The average molecular weight is 394 g/mol. The number of aryl methyl sites for hydroxylation is 1. The molecule has 1 amide bonds. The molecule has 0 bridgehead atoms. The molecule has 1 aliphatic rings. The molecule has 0 aliphatic heterocycles. The zero-order valence-electron chi connectivity index (χ0n) is 13.7. The number of thiophene rings is 1. The van der Waals surface area contributed by atoms with E-state index < -0.39 is 5.91 Å². The summed E-state index contributed by atoms with van der Waals surface area (Å²) in [5, 5.41) is 20.1. The number of anilines is 1. The molecule has 0 saturated carbocycles. The van der Waals surface area contributed by atoms with E-state index in [1.165, 1.54) is 27.1 Å². The van der Waals surface area contributed by atoms with Crippen molar-refractivity contribution in [2.75, 3.05) is 5.32 Å². The lowest BCUT2D eigenvalue weighted by Crippen LogP contribution is -2.35. The second-order valence-electron chi connectivity index (χ2n) is 6.04. The van der Waals surface area contributed by atoms with Gasteiger partial charge in [-0.3, -0.25) is 14.8 Å². The second kappa shape index (κ2) is 7.12. The number of rotatable bonds is 2. The Kier molecular flexibility index (Phi) is 5.08. The van der Waals surface area contributed by atoms with Gasteiger partial charge in [0.1, 0.15) is 16.8 Å². The van der Waals surface area contributed by atoms with Crippen molar-refractivity contribution in [2.45, 2.75) is 26.2 Å². The largest absolute Gasteiger partial charge is 0.323 e. The summed E-state index contributed by atoms with van der Waals surface area (Å²) in [5.41, 5.74) is 1.96. The summed E-state index contributed by atoms with van der Waals surface area (Å²) in [7, 11) is 1.62. The number of aromatic nitrogens is 2. The minimum absolute atomic E-state index is 0.130. The molecule has 0 fully saturated rings. The maximum atomic E-state index is 12.3. The monoisotopic (exact) mass is 393 g/mol. The number of amides is 1. The Balaban J connectivity index is 1.76. The van der Waals surface area contributed by atoms with Crippen LogP contribution in [-0.4, -0.2) is 20.8 Å². The molecule has 0 spiro atoms. The van der Waals surface area contributed by atoms with Gasteiger partial charge in [0.05, 0.1) is 16.8 Å². The number of carbonyl (C=O) groups excluding carboxylic acids is 1. The quantitative estimate of drug-likeness (QED) is 0.765. The molecule has 1 aliphatic carbocycles. The molecule has 2 N–H and O–H groups in total. The molecule has 25 heavy (non-hydrogen) atoms. The van der Waals surface area contributed by atoms with Crippen molar-refractivity contribution in [3.63, 3.8) is 0 Å². The molecule has 0 unspecified atom stereocenters. The summed E-state index contributed by atoms with van der Waals surface area (Å²) in [6.45, 7) is 2.21. The third-order valence-corrected chi connectivity index (χ3v) is 5.84. The molecule has 3 rings (SSSR count).